The first-order valence-electron chi connectivity index (χ1n) is 7.54. The molecular weight excluding hydrogens is 210 g/mol. The van der Waals surface area contributed by atoms with Gasteiger partial charge in [0.25, 0.3) is 0 Å². The van der Waals surface area contributed by atoms with Crippen LogP contribution in [0, 0.1) is 17.3 Å². The molecule has 0 aromatic rings. The van der Waals surface area contributed by atoms with Gasteiger partial charge >= 0.3 is 0 Å². The Hall–Kier alpha value is -0.0800. The lowest BCUT2D eigenvalue weighted by Gasteiger charge is -2.51. The Morgan fingerprint density at radius 2 is 1.76 bits per heavy atom. The summed E-state index contributed by atoms with van der Waals surface area (Å²) >= 11 is 0. The van der Waals surface area contributed by atoms with Crippen LogP contribution in [-0.4, -0.2) is 17.3 Å². The highest BCUT2D eigenvalue weighted by Crippen LogP contribution is 2.56. The summed E-state index contributed by atoms with van der Waals surface area (Å²) in [5.74, 6) is 1.41. The third-order valence-corrected chi connectivity index (χ3v) is 5.74. The van der Waals surface area contributed by atoms with Gasteiger partial charge in [-0.25, -0.2) is 0 Å². The van der Waals surface area contributed by atoms with Crippen LogP contribution >= 0.6 is 0 Å². The van der Waals surface area contributed by atoms with Crippen molar-refractivity contribution in [2.45, 2.75) is 70.8 Å². The second-order valence-corrected chi connectivity index (χ2v) is 6.39. The molecule has 3 N–H and O–H groups in total. The van der Waals surface area contributed by atoms with Gasteiger partial charge in [0.2, 0.25) is 0 Å². The molecule has 0 amide bonds. The molecule has 2 rings (SSSR count). The molecule has 0 saturated heterocycles. The molecule has 1 atom stereocenters. The molecule has 0 bridgehead atoms. The lowest BCUT2D eigenvalue weighted by Crippen LogP contribution is -2.55. The van der Waals surface area contributed by atoms with Crippen molar-refractivity contribution in [1.82, 2.24) is 0 Å². The molecule has 0 aromatic heterocycles. The Labute approximate surface area is 106 Å². The van der Waals surface area contributed by atoms with Crippen molar-refractivity contribution in [2.24, 2.45) is 23.0 Å². The Morgan fingerprint density at radius 1 is 1.18 bits per heavy atom. The van der Waals surface area contributed by atoms with Gasteiger partial charge in [0.1, 0.15) is 0 Å². The van der Waals surface area contributed by atoms with Gasteiger partial charge in [-0.3, -0.25) is 0 Å². The number of rotatable bonds is 5. The molecule has 0 radical (unpaired) electrons. The molecule has 0 spiro atoms. The largest absolute Gasteiger partial charge is 0.389 e. The second kappa shape index (κ2) is 4.89. The molecule has 0 heterocycles. The summed E-state index contributed by atoms with van der Waals surface area (Å²) in [5.41, 5.74) is 5.64. The molecule has 1 unspecified atom stereocenters. The average molecular weight is 239 g/mol. The van der Waals surface area contributed by atoms with E-state index in [9.17, 15) is 5.11 Å². The number of nitrogens with two attached hydrogens (primary N) is 1. The highest BCUT2D eigenvalue weighted by atomic mass is 16.3. The number of hydrogen-bond donors (Lipinski definition) is 2. The summed E-state index contributed by atoms with van der Waals surface area (Å²) in [6, 6.07) is 0. The lowest BCUT2D eigenvalue weighted by atomic mass is 9.58. The molecule has 2 aliphatic carbocycles. The van der Waals surface area contributed by atoms with Crippen molar-refractivity contribution in [3.8, 4) is 0 Å². The molecule has 17 heavy (non-hydrogen) atoms. The van der Waals surface area contributed by atoms with Crippen LogP contribution in [0.25, 0.3) is 0 Å². The molecule has 2 heteroatoms. The fourth-order valence-corrected chi connectivity index (χ4v) is 4.11. The Bertz CT molecular complexity index is 254. The smallest absolute Gasteiger partial charge is 0.0741 e. The van der Waals surface area contributed by atoms with Crippen molar-refractivity contribution >= 4 is 0 Å². The van der Waals surface area contributed by atoms with Gasteiger partial charge in [0.15, 0.2) is 0 Å². The third kappa shape index (κ3) is 2.15. The van der Waals surface area contributed by atoms with Crippen LogP contribution < -0.4 is 5.73 Å². The predicted molar refractivity (Wildman–Crippen MR) is 71.7 cm³/mol. The minimum Gasteiger partial charge on any atom is -0.389 e. The van der Waals surface area contributed by atoms with E-state index in [4.69, 9.17) is 5.73 Å². The Kier molecular flexibility index (Phi) is 3.84. The number of hydrogen-bond acceptors (Lipinski definition) is 2. The maximum Gasteiger partial charge on any atom is 0.0741 e. The lowest BCUT2D eigenvalue weighted by molar-refractivity contribution is -0.123. The summed E-state index contributed by atoms with van der Waals surface area (Å²) in [5, 5.41) is 11.1. The van der Waals surface area contributed by atoms with E-state index in [0.29, 0.717) is 12.5 Å². The summed E-state index contributed by atoms with van der Waals surface area (Å²) < 4.78 is 0. The van der Waals surface area contributed by atoms with Crippen molar-refractivity contribution in [2.75, 3.05) is 6.54 Å². The Morgan fingerprint density at radius 3 is 2.12 bits per heavy atom. The summed E-state index contributed by atoms with van der Waals surface area (Å²) in [4.78, 5) is 0. The topological polar surface area (TPSA) is 46.2 Å². The first-order chi connectivity index (χ1) is 8.12. The first kappa shape index (κ1) is 13.4. The maximum absolute atomic E-state index is 11.1. The van der Waals surface area contributed by atoms with E-state index in [0.717, 1.165) is 25.2 Å². The molecule has 100 valence electrons. The van der Waals surface area contributed by atoms with Crippen LogP contribution in [0.1, 0.15) is 65.2 Å². The van der Waals surface area contributed by atoms with Crippen LogP contribution in [0.15, 0.2) is 0 Å². The van der Waals surface area contributed by atoms with Gasteiger partial charge in [0, 0.05) is 12.0 Å². The molecule has 2 fully saturated rings. The zero-order valence-electron chi connectivity index (χ0n) is 11.5. The van der Waals surface area contributed by atoms with Crippen molar-refractivity contribution < 1.29 is 5.11 Å². The standard InChI is InChI=1S/C15H29NO/c1-3-12-7-9-14(11-16,10-8-12)15(17,4-2)13-5-6-13/h12-13,17H,3-11,16H2,1-2H3. The van der Waals surface area contributed by atoms with E-state index >= 15 is 0 Å². The normalized spacial score (nSPS) is 37.8. The van der Waals surface area contributed by atoms with Gasteiger partial charge < -0.3 is 10.8 Å². The van der Waals surface area contributed by atoms with Gasteiger partial charge in [-0.15, -0.1) is 0 Å². The van der Waals surface area contributed by atoms with Gasteiger partial charge in [0.05, 0.1) is 5.60 Å². The van der Waals surface area contributed by atoms with Crippen molar-refractivity contribution in [1.29, 1.82) is 0 Å². The molecule has 2 nitrogen and oxygen atoms in total. The third-order valence-electron chi connectivity index (χ3n) is 5.74. The summed E-state index contributed by atoms with van der Waals surface area (Å²) in [6.07, 6.45) is 9.41. The molecular formula is C15H29NO. The SMILES string of the molecule is CCC1CCC(CN)(C(O)(CC)C2CC2)CC1. The zero-order valence-corrected chi connectivity index (χ0v) is 11.5. The summed E-state index contributed by atoms with van der Waals surface area (Å²) in [7, 11) is 0. The zero-order chi connectivity index (χ0) is 12.5. The van der Waals surface area contributed by atoms with Crippen LogP contribution in [0.4, 0.5) is 0 Å². The van der Waals surface area contributed by atoms with Gasteiger partial charge in [-0.2, -0.15) is 0 Å². The first-order valence-corrected chi connectivity index (χ1v) is 7.54. The maximum atomic E-state index is 11.1. The van der Waals surface area contributed by atoms with Gasteiger partial charge in [-0.1, -0.05) is 20.3 Å². The highest BCUT2D eigenvalue weighted by Gasteiger charge is 2.56. The highest BCUT2D eigenvalue weighted by molar-refractivity contribution is 5.08. The van der Waals surface area contributed by atoms with E-state index in [1.165, 1.54) is 32.1 Å². The summed E-state index contributed by atoms with van der Waals surface area (Å²) in [6.45, 7) is 5.10. The van der Waals surface area contributed by atoms with E-state index < -0.39 is 5.60 Å². The molecule has 0 aliphatic heterocycles. The average Bonchev–Trinajstić information content (AvgIpc) is 3.22. The van der Waals surface area contributed by atoms with Crippen LogP contribution in [0.2, 0.25) is 0 Å². The van der Waals surface area contributed by atoms with Gasteiger partial charge in [-0.05, 0) is 56.8 Å². The van der Waals surface area contributed by atoms with Crippen molar-refractivity contribution in [3.63, 3.8) is 0 Å². The molecule has 0 aromatic carbocycles. The number of aliphatic hydroxyl groups is 1. The minimum atomic E-state index is -0.472. The molecule has 2 aliphatic rings. The monoisotopic (exact) mass is 239 g/mol. The minimum absolute atomic E-state index is 0.0224. The fourth-order valence-electron chi connectivity index (χ4n) is 4.11. The van der Waals surface area contributed by atoms with E-state index in [1.807, 2.05) is 0 Å². The fraction of sp³-hybridized carbons (Fsp3) is 1.00. The van der Waals surface area contributed by atoms with Crippen LogP contribution in [0.3, 0.4) is 0 Å². The van der Waals surface area contributed by atoms with E-state index in [1.54, 1.807) is 0 Å². The van der Waals surface area contributed by atoms with E-state index in [2.05, 4.69) is 13.8 Å². The quantitative estimate of drug-likeness (QED) is 0.774. The molecule has 2 saturated carbocycles. The van der Waals surface area contributed by atoms with Crippen molar-refractivity contribution in [3.05, 3.63) is 0 Å². The Balaban J connectivity index is 2.13. The van der Waals surface area contributed by atoms with Crippen LogP contribution in [-0.2, 0) is 0 Å². The van der Waals surface area contributed by atoms with E-state index in [-0.39, 0.29) is 5.41 Å². The second-order valence-electron chi connectivity index (χ2n) is 6.39. The predicted octanol–water partition coefficient (Wildman–Crippen LogP) is 3.08. The van der Waals surface area contributed by atoms with Crippen LogP contribution in [0.5, 0.6) is 0 Å².